The van der Waals surface area contributed by atoms with E-state index in [2.05, 4.69) is 32.8 Å². The quantitative estimate of drug-likeness (QED) is 0.713. The molecule has 2 heterocycles. The molecular weight excluding hydrogens is 421 g/mol. The average Bonchev–Trinajstić information content (AvgIpc) is 3.05. The van der Waals surface area contributed by atoms with Crippen molar-refractivity contribution in [2.45, 2.75) is 31.5 Å². The van der Waals surface area contributed by atoms with Crippen molar-refractivity contribution in [3.05, 3.63) is 52.8 Å². The smallest absolute Gasteiger partial charge is 0.242 e. The predicted molar refractivity (Wildman–Crippen MR) is 117 cm³/mol. The molecule has 1 fully saturated rings. The summed E-state index contributed by atoms with van der Waals surface area (Å²) in [5.74, 6) is 0.0108. The van der Waals surface area contributed by atoms with Crippen LogP contribution in [0, 0.1) is 0 Å². The predicted octanol–water partition coefficient (Wildman–Crippen LogP) is 2.96. The first-order valence-corrected chi connectivity index (χ1v) is 9.36. The van der Waals surface area contributed by atoms with Gasteiger partial charge in [-0.3, -0.25) is 14.4 Å². The third-order valence-corrected chi connectivity index (χ3v) is 5.11. The minimum Gasteiger partial charge on any atom is -0.352 e. The first-order chi connectivity index (χ1) is 12.5. The van der Waals surface area contributed by atoms with Gasteiger partial charge in [0.15, 0.2) is 0 Å². The molecule has 28 heavy (non-hydrogen) atoms. The van der Waals surface area contributed by atoms with E-state index in [1.807, 2.05) is 25.4 Å². The fourth-order valence-electron chi connectivity index (χ4n) is 3.41. The Morgan fingerprint density at radius 3 is 2.43 bits per heavy atom. The first kappa shape index (κ1) is 24.7. The molecule has 1 aromatic heterocycles. The van der Waals surface area contributed by atoms with E-state index in [0.717, 1.165) is 43.1 Å². The highest BCUT2D eigenvalue weighted by atomic mass is 35.5. The van der Waals surface area contributed by atoms with Crippen molar-refractivity contribution in [1.29, 1.82) is 0 Å². The Morgan fingerprint density at radius 1 is 1.25 bits per heavy atom. The van der Waals surface area contributed by atoms with Crippen molar-refractivity contribution < 1.29 is 4.79 Å². The molecule has 1 atom stereocenters. The molecule has 0 aliphatic carbocycles. The third kappa shape index (κ3) is 6.64. The number of carbonyl (C=O) groups excluding carboxylic acids is 1. The zero-order valence-electron chi connectivity index (χ0n) is 16.1. The summed E-state index contributed by atoms with van der Waals surface area (Å²) in [6.45, 7) is 2.88. The van der Waals surface area contributed by atoms with Crippen LogP contribution < -0.4 is 10.6 Å². The van der Waals surface area contributed by atoms with E-state index >= 15 is 0 Å². The number of carbonyl (C=O) groups is 1. The molecular formula is C19H28Cl3N5O. The lowest BCUT2D eigenvalue weighted by Crippen LogP contribution is -2.47. The molecule has 1 amide bonds. The Balaban J connectivity index is 0.00000196. The van der Waals surface area contributed by atoms with Crippen LogP contribution in [0.25, 0.3) is 0 Å². The summed E-state index contributed by atoms with van der Waals surface area (Å²) < 4.78 is 1.71. The SMILES string of the molecule is CNC(C(=O)NC1CCN(Cc2ccc(Cl)cc2)CC1)c1cnn(C)c1.Cl.Cl. The van der Waals surface area contributed by atoms with Crippen LogP contribution >= 0.6 is 36.4 Å². The van der Waals surface area contributed by atoms with Crippen LogP contribution in [0.5, 0.6) is 0 Å². The largest absolute Gasteiger partial charge is 0.352 e. The summed E-state index contributed by atoms with van der Waals surface area (Å²) in [5.41, 5.74) is 2.15. The highest BCUT2D eigenvalue weighted by molar-refractivity contribution is 6.30. The van der Waals surface area contributed by atoms with Crippen LogP contribution in [0.2, 0.25) is 5.02 Å². The average molecular weight is 449 g/mol. The molecule has 2 N–H and O–H groups in total. The van der Waals surface area contributed by atoms with Crippen LogP contribution in [0.15, 0.2) is 36.7 Å². The molecule has 9 heteroatoms. The number of rotatable bonds is 6. The second-order valence-electron chi connectivity index (χ2n) is 6.85. The van der Waals surface area contributed by atoms with Crippen molar-refractivity contribution in [1.82, 2.24) is 25.3 Å². The molecule has 1 unspecified atom stereocenters. The number of hydrogen-bond acceptors (Lipinski definition) is 4. The zero-order valence-corrected chi connectivity index (χ0v) is 18.5. The number of hydrogen-bond donors (Lipinski definition) is 2. The molecule has 1 aliphatic heterocycles. The molecule has 1 saturated heterocycles. The van der Waals surface area contributed by atoms with Crippen LogP contribution in [0.3, 0.4) is 0 Å². The second-order valence-corrected chi connectivity index (χ2v) is 7.29. The summed E-state index contributed by atoms with van der Waals surface area (Å²) in [4.78, 5) is 15.0. The van der Waals surface area contributed by atoms with E-state index in [4.69, 9.17) is 11.6 Å². The summed E-state index contributed by atoms with van der Waals surface area (Å²) >= 11 is 5.94. The van der Waals surface area contributed by atoms with Crippen LogP contribution in [-0.2, 0) is 18.4 Å². The van der Waals surface area contributed by atoms with Gasteiger partial charge in [0.05, 0.1) is 6.20 Å². The van der Waals surface area contributed by atoms with Crippen molar-refractivity contribution in [3.8, 4) is 0 Å². The van der Waals surface area contributed by atoms with Crippen molar-refractivity contribution in [2.75, 3.05) is 20.1 Å². The van der Waals surface area contributed by atoms with Gasteiger partial charge in [0.2, 0.25) is 5.91 Å². The van der Waals surface area contributed by atoms with Crippen LogP contribution in [0.4, 0.5) is 0 Å². The molecule has 2 aromatic rings. The number of nitrogens with one attached hydrogen (secondary N) is 2. The molecule has 6 nitrogen and oxygen atoms in total. The van der Waals surface area contributed by atoms with Gasteiger partial charge in [-0.1, -0.05) is 23.7 Å². The van der Waals surface area contributed by atoms with Gasteiger partial charge in [-0.05, 0) is 37.6 Å². The lowest BCUT2D eigenvalue weighted by molar-refractivity contribution is -0.124. The fourth-order valence-corrected chi connectivity index (χ4v) is 3.53. The maximum Gasteiger partial charge on any atom is 0.242 e. The van der Waals surface area contributed by atoms with Crippen LogP contribution in [-0.4, -0.2) is 46.8 Å². The van der Waals surface area contributed by atoms with E-state index in [9.17, 15) is 4.79 Å². The molecule has 1 aliphatic rings. The summed E-state index contributed by atoms with van der Waals surface area (Å²) in [6, 6.07) is 7.86. The van der Waals surface area contributed by atoms with Gasteiger partial charge in [-0.2, -0.15) is 5.10 Å². The monoisotopic (exact) mass is 447 g/mol. The standard InChI is InChI=1S/C19H26ClN5O.2ClH/c1-21-18(15-11-22-24(2)13-15)19(26)23-17-7-9-25(10-8-17)12-14-3-5-16(20)6-4-14;;/h3-6,11,13,17-18,21H,7-10,12H2,1-2H3,(H,23,26);2*1H. The van der Waals surface area contributed by atoms with E-state index in [-0.39, 0.29) is 42.8 Å². The van der Waals surface area contributed by atoms with Crippen molar-refractivity contribution in [3.63, 3.8) is 0 Å². The Hall–Kier alpha value is -1.31. The number of amides is 1. The number of likely N-dealkylation sites (N-methyl/N-ethyl adjacent to an activating group) is 1. The molecule has 0 bridgehead atoms. The Kier molecular flexibility index (Phi) is 10.3. The Morgan fingerprint density at radius 2 is 1.89 bits per heavy atom. The van der Waals surface area contributed by atoms with Crippen molar-refractivity contribution in [2.24, 2.45) is 7.05 Å². The number of aromatic nitrogens is 2. The third-order valence-electron chi connectivity index (χ3n) is 4.86. The lowest BCUT2D eigenvalue weighted by atomic mass is 10.0. The molecule has 156 valence electrons. The van der Waals surface area contributed by atoms with Crippen molar-refractivity contribution >= 4 is 42.3 Å². The highest BCUT2D eigenvalue weighted by Gasteiger charge is 2.25. The number of benzene rings is 1. The summed E-state index contributed by atoms with van der Waals surface area (Å²) in [7, 11) is 3.65. The first-order valence-electron chi connectivity index (χ1n) is 8.98. The summed E-state index contributed by atoms with van der Waals surface area (Å²) in [6.07, 6.45) is 5.52. The summed E-state index contributed by atoms with van der Waals surface area (Å²) in [5, 5.41) is 11.2. The van der Waals surface area contributed by atoms with Gasteiger partial charge in [0.1, 0.15) is 6.04 Å². The van der Waals surface area contributed by atoms with E-state index in [1.54, 1.807) is 17.9 Å². The molecule has 0 radical (unpaired) electrons. The maximum atomic E-state index is 12.6. The highest BCUT2D eigenvalue weighted by Crippen LogP contribution is 2.17. The number of piperidine rings is 1. The number of likely N-dealkylation sites (tertiary alicyclic amines) is 1. The minimum absolute atomic E-state index is 0. The van der Waals surface area contributed by atoms with Gasteiger partial charge in [-0.15, -0.1) is 24.8 Å². The number of nitrogens with zero attached hydrogens (tertiary/aromatic N) is 3. The van der Waals surface area contributed by atoms with Crippen LogP contribution in [0.1, 0.15) is 30.0 Å². The van der Waals surface area contributed by atoms with Gasteiger partial charge in [-0.25, -0.2) is 0 Å². The van der Waals surface area contributed by atoms with E-state index in [1.165, 1.54) is 5.56 Å². The minimum atomic E-state index is -0.365. The van der Waals surface area contributed by atoms with Gasteiger partial charge >= 0.3 is 0 Å². The molecule has 3 rings (SSSR count). The molecule has 0 spiro atoms. The normalized spacial score (nSPS) is 16.0. The Labute approximate surface area is 183 Å². The molecule has 0 saturated carbocycles. The fraction of sp³-hybridized carbons (Fsp3) is 0.474. The van der Waals surface area contributed by atoms with Gasteiger partial charge in [0, 0.05) is 49.5 Å². The maximum absolute atomic E-state index is 12.6. The van der Waals surface area contributed by atoms with Gasteiger partial charge < -0.3 is 10.6 Å². The topological polar surface area (TPSA) is 62.2 Å². The van der Waals surface area contributed by atoms with Gasteiger partial charge in [0.25, 0.3) is 0 Å². The van der Waals surface area contributed by atoms with E-state index in [0.29, 0.717) is 0 Å². The second kappa shape index (κ2) is 11.6. The number of aryl methyl sites for hydroxylation is 1. The van der Waals surface area contributed by atoms with E-state index < -0.39 is 0 Å². The lowest BCUT2D eigenvalue weighted by Gasteiger charge is -2.33. The molecule has 1 aromatic carbocycles. The zero-order chi connectivity index (χ0) is 18.5. The Bertz CT molecular complexity index is 729. The number of halogens is 3.